The smallest absolute Gasteiger partial charge is 0.000832 e. The van der Waals surface area contributed by atoms with Crippen LogP contribution in [0.1, 0.15) is 33.1 Å². The Bertz CT molecular complexity index is 70.5. The summed E-state index contributed by atoms with van der Waals surface area (Å²) in [6, 6.07) is 0. The molecule has 0 aromatic heterocycles. The van der Waals surface area contributed by atoms with Gasteiger partial charge in [-0.15, -0.1) is 0 Å². The second-order valence-electron chi connectivity index (χ2n) is 2.09. The molecule has 8 heavy (non-hydrogen) atoms. The average Bonchev–Trinajstić information content (AvgIpc) is 1.66. The van der Waals surface area contributed by atoms with Crippen molar-refractivity contribution in [2.75, 3.05) is 0 Å². The molecule has 0 aromatic rings. The van der Waals surface area contributed by atoms with Gasteiger partial charge in [-0.1, -0.05) is 25.8 Å². The fraction of sp³-hybridized carbons (Fsp3) is 0.714. The molecule has 0 aliphatic rings. The average molecular weight is 113 g/mol. The van der Waals surface area contributed by atoms with Crippen molar-refractivity contribution in [2.24, 2.45) is 5.73 Å². The fourth-order valence-corrected chi connectivity index (χ4v) is 0.534. The van der Waals surface area contributed by atoms with Crippen LogP contribution in [-0.2, 0) is 0 Å². The predicted molar refractivity (Wildman–Crippen MR) is 37.5 cm³/mol. The Morgan fingerprint density at radius 3 is 2.62 bits per heavy atom. The van der Waals surface area contributed by atoms with Gasteiger partial charge in [0.1, 0.15) is 0 Å². The molecule has 0 rings (SSSR count). The van der Waals surface area contributed by atoms with Crippen LogP contribution in [0.3, 0.4) is 0 Å². The van der Waals surface area contributed by atoms with Gasteiger partial charge in [0.15, 0.2) is 0 Å². The zero-order valence-corrected chi connectivity index (χ0v) is 5.78. The number of nitrogens with two attached hydrogens (primary N) is 1. The van der Waals surface area contributed by atoms with Crippen LogP contribution in [0.2, 0.25) is 0 Å². The quantitative estimate of drug-likeness (QED) is 0.557. The van der Waals surface area contributed by atoms with E-state index in [1.165, 1.54) is 12.8 Å². The second-order valence-corrected chi connectivity index (χ2v) is 2.09. The molecular formula is C7H15N. The van der Waals surface area contributed by atoms with Crippen LogP contribution in [0.4, 0.5) is 0 Å². The normalized spacial score (nSPS) is 12.0. The Kier molecular flexibility index (Phi) is 4.42. The minimum absolute atomic E-state index is 0.943. The Balaban J connectivity index is 3.03. The molecule has 0 aliphatic carbocycles. The molecular weight excluding hydrogens is 98.1 g/mol. The SMILES string of the molecule is CCCCC=C(C)N. The third-order valence-corrected chi connectivity index (χ3v) is 1.02. The van der Waals surface area contributed by atoms with Crippen molar-refractivity contribution in [3.05, 3.63) is 11.8 Å². The Hall–Kier alpha value is -0.460. The third kappa shape index (κ3) is 5.54. The third-order valence-electron chi connectivity index (χ3n) is 1.02. The lowest BCUT2D eigenvalue weighted by atomic mass is 10.2. The summed E-state index contributed by atoms with van der Waals surface area (Å²) in [5.74, 6) is 0. The van der Waals surface area contributed by atoms with Crippen LogP contribution in [0.25, 0.3) is 0 Å². The molecule has 0 radical (unpaired) electrons. The zero-order valence-electron chi connectivity index (χ0n) is 5.78. The Morgan fingerprint density at radius 1 is 1.62 bits per heavy atom. The van der Waals surface area contributed by atoms with Gasteiger partial charge in [-0.3, -0.25) is 0 Å². The summed E-state index contributed by atoms with van der Waals surface area (Å²) in [6.45, 7) is 4.11. The Morgan fingerprint density at radius 2 is 2.25 bits per heavy atom. The van der Waals surface area contributed by atoms with Crippen molar-refractivity contribution >= 4 is 0 Å². The zero-order chi connectivity index (χ0) is 6.41. The number of rotatable bonds is 3. The van der Waals surface area contributed by atoms with Crippen LogP contribution in [-0.4, -0.2) is 0 Å². The number of allylic oxidation sites excluding steroid dienone is 2. The molecule has 2 N–H and O–H groups in total. The molecule has 0 aromatic carbocycles. The molecule has 0 bridgehead atoms. The highest BCUT2D eigenvalue weighted by molar-refractivity contribution is 4.90. The van der Waals surface area contributed by atoms with E-state index in [1.807, 2.05) is 6.92 Å². The van der Waals surface area contributed by atoms with Crippen molar-refractivity contribution < 1.29 is 0 Å². The second kappa shape index (κ2) is 4.69. The highest BCUT2D eigenvalue weighted by Gasteiger charge is 1.78. The molecule has 1 nitrogen and oxygen atoms in total. The van der Waals surface area contributed by atoms with Crippen molar-refractivity contribution in [2.45, 2.75) is 33.1 Å². The number of unbranched alkanes of at least 4 members (excludes halogenated alkanes) is 2. The molecule has 0 atom stereocenters. The van der Waals surface area contributed by atoms with Crippen molar-refractivity contribution in [3.63, 3.8) is 0 Å². The molecule has 0 amide bonds. The van der Waals surface area contributed by atoms with Crippen LogP contribution in [0.5, 0.6) is 0 Å². The monoisotopic (exact) mass is 113 g/mol. The lowest BCUT2D eigenvalue weighted by molar-refractivity contribution is 0.810. The maximum Gasteiger partial charge on any atom is 0.000832 e. The van der Waals surface area contributed by atoms with Gasteiger partial charge in [0.05, 0.1) is 0 Å². The summed E-state index contributed by atoms with van der Waals surface area (Å²) in [4.78, 5) is 0. The molecule has 0 saturated heterocycles. The van der Waals surface area contributed by atoms with Crippen LogP contribution < -0.4 is 5.73 Å². The van der Waals surface area contributed by atoms with E-state index in [0.29, 0.717) is 0 Å². The van der Waals surface area contributed by atoms with Crippen molar-refractivity contribution in [1.82, 2.24) is 0 Å². The summed E-state index contributed by atoms with van der Waals surface area (Å²) in [6.07, 6.45) is 5.72. The van der Waals surface area contributed by atoms with Gasteiger partial charge in [0, 0.05) is 5.70 Å². The number of hydrogen-bond donors (Lipinski definition) is 1. The first-order valence-electron chi connectivity index (χ1n) is 3.19. The predicted octanol–water partition coefficient (Wildman–Crippen LogP) is 2.04. The molecule has 0 unspecified atom stereocenters. The van der Waals surface area contributed by atoms with Gasteiger partial charge in [0.2, 0.25) is 0 Å². The lowest BCUT2D eigenvalue weighted by Gasteiger charge is -1.89. The molecule has 1 heteroatoms. The molecule has 48 valence electrons. The minimum Gasteiger partial charge on any atom is -0.403 e. The van der Waals surface area contributed by atoms with E-state index in [2.05, 4.69) is 13.0 Å². The van der Waals surface area contributed by atoms with E-state index in [1.54, 1.807) is 0 Å². The summed E-state index contributed by atoms with van der Waals surface area (Å²) in [5.41, 5.74) is 6.34. The summed E-state index contributed by atoms with van der Waals surface area (Å²) in [5, 5.41) is 0. The van der Waals surface area contributed by atoms with Gasteiger partial charge in [-0.05, 0) is 13.3 Å². The Labute approximate surface area is 51.6 Å². The fourth-order valence-electron chi connectivity index (χ4n) is 0.534. The topological polar surface area (TPSA) is 26.0 Å². The molecule has 0 aliphatic heterocycles. The van der Waals surface area contributed by atoms with Crippen LogP contribution >= 0.6 is 0 Å². The van der Waals surface area contributed by atoms with E-state index in [0.717, 1.165) is 12.1 Å². The molecule has 0 saturated carbocycles. The molecule has 0 heterocycles. The van der Waals surface area contributed by atoms with Crippen molar-refractivity contribution in [1.29, 1.82) is 0 Å². The summed E-state index contributed by atoms with van der Waals surface area (Å²) in [7, 11) is 0. The van der Waals surface area contributed by atoms with Gasteiger partial charge in [-0.25, -0.2) is 0 Å². The maximum absolute atomic E-state index is 5.39. The lowest BCUT2D eigenvalue weighted by Crippen LogP contribution is -1.88. The number of hydrogen-bond acceptors (Lipinski definition) is 1. The first kappa shape index (κ1) is 7.54. The minimum atomic E-state index is 0.943. The highest BCUT2D eigenvalue weighted by Crippen LogP contribution is 1.95. The summed E-state index contributed by atoms with van der Waals surface area (Å²) < 4.78 is 0. The highest BCUT2D eigenvalue weighted by atomic mass is 14.5. The molecule has 0 spiro atoms. The van der Waals surface area contributed by atoms with Crippen molar-refractivity contribution in [3.8, 4) is 0 Å². The summed E-state index contributed by atoms with van der Waals surface area (Å²) >= 11 is 0. The van der Waals surface area contributed by atoms with Gasteiger partial charge < -0.3 is 5.73 Å². The van der Waals surface area contributed by atoms with Gasteiger partial charge in [0.25, 0.3) is 0 Å². The standard InChI is InChI=1S/C7H15N/c1-3-4-5-6-7(2)8/h6H,3-5,8H2,1-2H3. The maximum atomic E-state index is 5.39. The first-order valence-corrected chi connectivity index (χ1v) is 3.19. The van der Waals surface area contributed by atoms with Gasteiger partial charge in [-0.2, -0.15) is 0 Å². The van der Waals surface area contributed by atoms with Crippen LogP contribution in [0.15, 0.2) is 11.8 Å². The first-order chi connectivity index (χ1) is 3.77. The van der Waals surface area contributed by atoms with E-state index >= 15 is 0 Å². The van der Waals surface area contributed by atoms with Gasteiger partial charge >= 0.3 is 0 Å². The van der Waals surface area contributed by atoms with E-state index < -0.39 is 0 Å². The largest absolute Gasteiger partial charge is 0.403 e. The van der Waals surface area contributed by atoms with Crippen LogP contribution in [0, 0.1) is 0 Å². The van der Waals surface area contributed by atoms with E-state index in [-0.39, 0.29) is 0 Å². The van der Waals surface area contributed by atoms with E-state index in [4.69, 9.17) is 5.73 Å². The molecule has 0 fully saturated rings. The van der Waals surface area contributed by atoms with E-state index in [9.17, 15) is 0 Å².